The van der Waals surface area contributed by atoms with Gasteiger partial charge in [-0.3, -0.25) is 0 Å². The maximum absolute atomic E-state index is 6.10. The van der Waals surface area contributed by atoms with Gasteiger partial charge in [-0.1, -0.05) is 54.9 Å². The molecule has 0 aliphatic heterocycles. The van der Waals surface area contributed by atoms with Crippen LogP contribution in [-0.2, 0) is 12.8 Å². The van der Waals surface area contributed by atoms with Gasteiger partial charge in [0.25, 0.3) is 0 Å². The third kappa shape index (κ3) is 3.48. The van der Waals surface area contributed by atoms with Crippen molar-refractivity contribution in [3.8, 4) is 0 Å². The highest BCUT2D eigenvalue weighted by Gasteiger charge is 2.27. The predicted octanol–water partition coefficient (Wildman–Crippen LogP) is 4.59. The van der Waals surface area contributed by atoms with Gasteiger partial charge in [0, 0.05) is 11.1 Å². The molecule has 2 heteroatoms. The van der Waals surface area contributed by atoms with E-state index >= 15 is 0 Å². The van der Waals surface area contributed by atoms with E-state index in [0.29, 0.717) is 12.0 Å². The molecule has 21 heavy (non-hydrogen) atoms. The van der Waals surface area contributed by atoms with E-state index in [1.807, 2.05) is 12.1 Å². The summed E-state index contributed by atoms with van der Waals surface area (Å²) < 4.78 is 0. The third-order valence-corrected chi connectivity index (χ3v) is 4.63. The smallest absolute Gasteiger partial charge is 0.0408 e. The van der Waals surface area contributed by atoms with Crippen LogP contribution in [0, 0.1) is 0 Å². The maximum atomic E-state index is 6.10. The molecule has 0 amide bonds. The lowest BCUT2D eigenvalue weighted by Crippen LogP contribution is -2.35. The summed E-state index contributed by atoms with van der Waals surface area (Å²) in [6, 6.07) is 17.6. The van der Waals surface area contributed by atoms with Crippen LogP contribution in [0.3, 0.4) is 0 Å². The SMILES string of the molecule is CCNC(Cc1cccc(Cl)c1)CC1Cc2ccccc21. The summed E-state index contributed by atoms with van der Waals surface area (Å²) in [6.07, 6.45) is 3.48. The molecule has 1 aliphatic carbocycles. The highest BCUT2D eigenvalue weighted by Crippen LogP contribution is 2.38. The molecule has 2 unspecified atom stereocenters. The number of hydrogen-bond donors (Lipinski definition) is 1. The molecule has 1 nitrogen and oxygen atoms in total. The molecule has 2 aromatic carbocycles. The Balaban J connectivity index is 1.66. The normalized spacial score (nSPS) is 17.9. The van der Waals surface area contributed by atoms with Crippen molar-refractivity contribution < 1.29 is 0 Å². The lowest BCUT2D eigenvalue weighted by atomic mass is 9.74. The van der Waals surface area contributed by atoms with Gasteiger partial charge in [-0.25, -0.2) is 0 Å². The number of fused-ring (bicyclic) bond motifs is 1. The van der Waals surface area contributed by atoms with E-state index in [4.69, 9.17) is 11.6 Å². The minimum absolute atomic E-state index is 0.520. The topological polar surface area (TPSA) is 12.0 Å². The van der Waals surface area contributed by atoms with Gasteiger partial charge in [-0.05, 0) is 60.5 Å². The van der Waals surface area contributed by atoms with Crippen molar-refractivity contribution in [1.29, 1.82) is 0 Å². The van der Waals surface area contributed by atoms with E-state index in [-0.39, 0.29) is 0 Å². The Hall–Kier alpha value is -1.31. The molecule has 0 spiro atoms. The molecule has 0 radical (unpaired) electrons. The maximum Gasteiger partial charge on any atom is 0.0408 e. The summed E-state index contributed by atoms with van der Waals surface area (Å²) in [6.45, 7) is 3.19. The molecule has 0 aromatic heterocycles. The van der Waals surface area contributed by atoms with Crippen molar-refractivity contribution in [1.82, 2.24) is 5.32 Å². The molecule has 0 heterocycles. The zero-order valence-electron chi connectivity index (χ0n) is 12.5. The summed E-state index contributed by atoms with van der Waals surface area (Å²) in [5.41, 5.74) is 4.40. The van der Waals surface area contributed by atoms with Crippen LogP contribution < -0.4 is 5.32 Å². The highest BCUT2D eigenvalue weighted by atomic mass is 35.5. The Kier molecular flexibility index (Phi) is 4.62. The van der Waals surface area contributed by atoms with Crippen LogP contribution in [0.4, 0.5) is 0 Å². The first-order valence-electron chi connectivity index (χ1n) is 7.82. The second-order valence-corrected chi connectivity index (χ2v) is 6.36. The van der Waals surface area contributed by atoms with Crippen molar-refractivity contribution in [2.45, 2.75) is 38.1 Å². The summed E-state index contributed by atoms with van der Waals surface area (Å²) in [4.78, 5) is 0. The molecular formula is C19H22ClN. The van der Waals surface area contributed by atoms with E-state index in [0.717, 1.165) is 18.0 Å². The van der Waals surface area contributed by atoms with E-state index < -0.39 is 0 Å². The molecule has 0 fully saturated rings. The predicted molar refractivity (Wildman–Crippen MR) is 90.1 cm³/mol. The third-order valence-electron chi connectivity index (χ3n) is 4.39. The number of benzene rings is 2. The van der Waals surface area contributed by atoms with Crippen LogP contribution in [0.2, 0.25) is 5.02 Å². The number of halogens is 1. The van der Waals surface area contributed by atoms with Gasteiger partial charge in [-0.15, -0.1) is 0 Å². The van der Waals surface area contributed by atoms with Gasteiger partial charge in [0.05, 0.1) is 0 Å². The van der Waals surface area contributed by atoms with Crippen LogP contribution in [0.25, 0.3) is 0 Å². The fraction of sp³-hybridized carbons (Fsp3) is 0.368. The lowest BCUT2D eigenvalue weighted by Gasteiger charge is -2.33. The van der Waals surface area contributed by atoms with Crippen LogP contribution in [0.15, 0.2) is 48.5 Å². The Labute approximate surface area is 132 Å². The van der Waals surface area contributed by atoms with Crippen molar-refractivity contribution >= 4 is 11.6 Å². The van der Waals surface area contributed by atoms with Crippen LogP contribution in [-0.4, -0.2) is 12.6 Å². The van der Waals surface area contributed by atoms with Crippen LogP contribution in [0.1, 0.15) is 36.0 Å². The Bertz CT molecular complexity index is 608. The van der Waals surface area contributed by atoms with Gasteiger partial charge in [0.15, 0.2) is 0 Å². The zero-order chi connectivity index (χ0) is 14.7. The van der Waals surface area contributed by atoms with Gasteiger partial charge >= 0.3 is 0 Å². The first-order valence-corrected chi connectivity index (χ1v) is 8.19. The molecule has 0 saturated heterocycles. The monoisotopic (exact) mass is 299 g/mol. The average Bonchev–Trinajstić information content (AvgIpc) is 2.45. The fourth-order valence-corrected chi connectivity index (χ4v) is 3.61. The molecular weight excluding hydrogens is 278 g/mol. The molecule has 110 valence electrons. The number of rotatable bonds is 6. The first kappa shape index (κ1) is 14.6. The minimum Gasteiger partial charge on any atom is -0.314 e. The zero-order valence-corrected chi connectivity index (χ0v) is 13.2. The molecule has 1 N–H and O–H groups in total. The lowest BCUT2D eigenvalue weighted by molar-refractivity contribution is 0.422. The van der Waals surface area contributed by atoms with E-state index in [9.17, 15) is 0 Å². The first-order chi connectivity index (χ1) is 10.3. The number of nitrogens with one attached hydrogen (secondary N) is 1. The van der Waals surface area contributed by atoms with Gasteiger partial charge in [-0.2, -0.15) is 0 Å². The molecule has 0 saturated carbocycles. The largest absolute Gasteiger partial charge is 0.314 e. The van der Waals surface area contributed by atoms with Gasteiger partial charge < -0.3 is 5.32 Å². The molecule has 1 aliphatic rings. The Morgan fingerprint density at radius 3 is 2.81 bits per heavy atom. The van der Waals surface area contributed by atoms with Crippen LogP contribution in [0.5, 0.6) is 0 Å². The molecule has 0 bridgehead atoms. The molecule has 2 atom stereocenters. The van der Waals surface area contributed by atoms with E-state index in [1.165, 1.54) is 24.0 Å². The van der Waals surface area contributed by atoms with Gasteiger partial charge in [0.2, 0.25) is 0 Å². The van der Waals surface area contributed by atoms with Crippen molar-refractivity contribution in [2.75, 3.05) is 6.54 Å². The Morgan fingerprint density at radius 1 is 1.19 bits per heavy atom. The Morgan fingerprint density at radius 2 is 2.05 bits per heavy atom. The second kappa shape index (κ2) is 6.64. The summed E-state index contributed by atoms with van der Waals surface area (Å²) in [5.74, 6) is 0.712. The summed E-state index contributed by atoms with van der Waals surface area (Å²) in [7, 11) is 0. The molecule has 3 rings (SSSR count). The highest BCUT2D eigenvalue weighted by molar-refractivity contribution is 6.30. The molecule has 2 aromatic rings. The van der Waals surface area contributed by atoms with Gasteiger partial charge in [0.1, 0.15) is 0 Å². The number of hydrogen-bond acceptors (Lipinski definition) is 1. The fourth-order valence-electron chi connectivity index (χ4n) is 3.39. The summed E-state index contributed by atoms with van der Waals surface area (Å²) >= 11 is 6.10. The van der Waals surface area contributed by atoms with E-state index in [2.05, 4.69) is 48.6 Å². The van der Waals surface area contributed by atoms with E-state index in [1.54, 1.807) is 5.56 Å². The number of likely N-dealkylation sites (N-methyl/N-ethyl adjacent to an activating group) is 1. The standard InChI is InChI=1S/C19H22ClN/c1-2-21-18(11-14-6-5-8-17(20)10-14)13-16-12-15-7-3-4-9-19(15)16/h3-10,16,18,21H,2,11-13H2,1H3. The average molecular weight is 300 g/mol. The van der Waals surface area contributed by atoms with Crippen LogP contribution >= 0.6 is 11.6 Å². The van der Waals surface area contributed by atoms with Crippen molar-refractivity contribution in [3.63, 3.8) is 0 Å². The quantitative estimate of drug-likeness (QED) is 0.822. The van der Waals surface area contributed by atoms with Crippen molar-refractivity contribution in [3.05, 3.63) is 70.2 Å². The summed E-state index contributed by atoms with van der Waals surface area (Å²) in [5, 5.41) is 4.47. The van der Waals surface area contributed by atoms with Crippen molar-refractivity contribution in [2.24, 2.45) is 0 Å². The minimum atomic E-state index is 0.520. The second-order valence-electron chi connectivity index (χ2n) is 5.92.